The second-order valence-corrected chi connectivity index (χ2v) is 6.70. The lowest BCUT2D eigenvalue weighted by atomic mass is 10.2. The third-order valence-electron chi connectivity index (χ3n) is 2.65. The van der Waals surface area contributed by atoms with Crippen LogP contribution in [0.2, 0.25) is 0 Å². The highest BCUT2D eigenvalue weighted by molar-refractivity contribution is 14.1. The van der Waals surface area contributed by atoms with Crippen molar-refractivity contribution in [3.05, 3.63) is 91.1 Å². The van der Waals surface area contributed by atoms with Gasteiger partial charge in [-0.1, -0.05) is 60.7 Å². The number of hydrogen-bond acceptors (Lipinski definition) is 0. The molecule has 100 valence electrons. The number of rotatable bonds is 4. The van der Waals surface area contributed by atoms with E-state index in [1.165, 1.54) is 18.3 Å². The van der Waals surface area contributed by atoms with Gasteiger partial charge in [0.2, 0.25) is 0 Å². The molecule has 0 saturated carbocycles. The SMILES string of the molecule is Ic1ccc(/C=C/C=C/C=C/c2ccc(I)cc2)cc1. The molecule has 20 heavy (non-hydrogen) atoms. The van der Waals surface area contributed by atoms with E-state index >= 15 is 0 Å². The van der Waals surface area contributed by atoms with Crippen molar-refractivity contribution >= 4 is 57.3 Å². The Bertz CT molecular complexity index is 560. The average Bonchev–Trinajstić information content (AvgIpc) is 2.46. The summed E-state index contributed by atoms with van der Waals surface area (Å²) in [5, 5.41) is 0. The van der Waals surface area contributed by atoms with E-state index in [9.17, 15) is 0 Å². The van der Waals surface area contributed by atoms with E-state index in [1.54, 1.807) is 0 Å². The predicted octanol–water partition coefficient (Wildman–Crippen LogP) is 6.18. The van der Waals surface area contributed by atoms with Gasteiger partial charge in [0.25, 0.3) is 0 Å². The normalized spacial score (nSPS) is 11.9. The van der Waals surface area contributed by atoms with Crippen LogP contribution in [0.5, 0.6) is 0 Å². The molecule has 2 heteroatoms. The second-order valence-electron chi connectivity index (χ2n) is 4.21. The Balaban J connectivity index is 1.87. The van der Waals surface area contributed by atoms with E-state index < -0.39 is 0 Å². The number of benzene rings is 2. The molecule has 0 fully saturated rings. The van der Waals surface area contributed by atoms with Crippen LogP contribution < -0.4 is 0 Å². The largest absolute Gasteiger partial charge is 0.0622 e. The highest BCUT2D eigenvalue weighted by Gasteiger charge is 1.86. The molecule has 0 aliphatic heterocycles. The number of allylic oxidation sites excluding steroid dienone is 4. The molecule has 0 amide bonds. The lowest BCUT2D eigenvalue weighted by molar-refractivity contribution is 1.61. The van der Waals surface area contributed by atoms with Gasteiger partial charge >= 0.3 is 0 Å². The maximum absolute atomic E-state index is 2.31. The Labute approximate surface area is 147 Å². The molecule has 0 unspecified atom stereocenters. The van der Waals surface area contributed by atoms with E-state index in [1.807, 2.05) is 12.2 Å². The fourth-order valence-electron chi connectivity index (χ4n) is 1.61. The average molecular weight is 484 g/mol. The smallest absolute Gasteiger partial charge is 0.0130 e. The molecule has 0 radical (unpaired) electrons. The van der Waals surface area contributed by atoms with Crippen LogP contribution in [0.4, 0.5) is 0 Å². The molecule has 0 bridgehead atoms. The van der Waals surface area contributed by atoms with Crippen molar-refractivity contribution < 1.29 is 0 Å². The summed E-state index contributed by atoms with van der Waals surface area (Å²) >= 11 is 4.62. The van der Waals surface area contributed by atoms with Gasteiger partial charge in [-0.15, -0.1) is 0 Å². The van der Waals surface area contributed by atoms with Gasteiger partial charge in [0.1, 0.15) is 0 Å². The van der Waals surface area contributed by atoms with E-state index in [4.69, 9.17) is 0 Å². The van der Waals surface area contributed by atoms with E-state index in [0.717, 1.165) is 0 Å². The van der Waals surface area contributed by atoms with Crippen LogP contribution in [0, 0.1) is 7.14 Å². The van der Waals surface area contributed by atoms with Crippen molar-refractivity contribution in [1.29, 1.82) is 0 Å². The summed E-state index contributed by atoms with van der Waals surface area (Å²) in [7, 11) is 0. The van der Waals surface area contributed by atoms with Gasteiger partial charge < -0.3 is 0 Å². The van der Waals surface area contributed by atoms with Gasteiger partial charge in [0.15, 0.2) is 0 Å². The van der Waals surface area contributed by atoms with Crippen LogP contribution >= 0.6 is 45.2 Å². The van der Waals surface area contributed by atoms with Crippen molar-refractivity contribution in [3.63, 3.8) is 0 Å². The molecule has 0 spiro atoms. The molecule has 0 aliphatic rings. The van der Waals surface area contributed by atoms with Crippen LogP contribution in [0.3, 0.4) is 0 Å². The van der Waals surface area contributed by atoms with Gasteiger partial charge in [-0.25, -0.2) is 0 Å². The summed E-state index contributed by atoms with van der Waals surface area (Å²) in [6.07, 6.45) is 12.4. The van der Waals surface area contributed by atoms with Crippen molar-refractivity contribution in [2.24, 2.45) is 0 Å². The predicted molar refractivity (Wildman–Crippen MR) is 106 cm³/mol. The van der Waals surface area contributed by atoms with Gasteiger partial charge in [-0.2, -0.15) is 0 Å². The van der Waals surface area contributed by atoms with Gasteiger partial charge in [0, 0.05) is 7.14 Å². The van der Waals surface area contributed by atoms with E-state index in [2.05, 4.69) is 118 Å². The quantitative estimate of drug-likeness (QED) is 0.360. The van der Waals surface area contributed by atoms with Crippen LogP contribution in [0.25, 0.3) is 12.2 Å². The van der Waals surface area contributed by atoms with Crippen molar-refractivity contribution in [2.45, 2.75) is 0 Å². The Morgan fingerprint density at radius 3 is 1.20 bits per heavy atom. The zero-order chi connectivity index (χ0) is 14.2. The summed E-state index contributed by atoms with van der Waals surface area (Å²) in [5.41, 5.74) is 2.44. The Morgan fingerprint density at radius 2 is 0.850 bits per heavy atom. The van der Waals surface area contributed by atoms with E-state index in [-0.39, 0.29) is 0 Å². The standard InChI is InChI=1S/C18H14I2/c19-17-11-7-15(8-12-17)5-3-1-2-4-6-16-9-13-18(20)14-10-16/h1-14H/b2-1+,5-3+,6-4+. The van der Waals surface area contributed by atoms with Gasteiger partial charge in [0.05, 0.1) is 0 Å². The molecular formula is C18H14I2. The lowest BCUT2D eigenvalue weighted by Gasteiger charge is -1.92. The molecule has 0 heterocycles. The lowest BCUT2D eigenvalue weighted by Crippen LogP contribution is -1.72. The van der Waals surface area contributed by atoms with E-state index in [0.29, 0.717) is 0 Å². The molecule has 0 N–H and O–H groups in total. The Hall–Kier alpha value is -0.880. The third kappa shape index (κ3) is 5.63. The second kappa shape index (κ2) is 8.42. The van der Waals surface area contributed by atoms with Gasteiger partial charge in [-0.3, -0.25) is 0 Å². The molecule has 0 nitrogen and oxygen atoms in total. The van der Waals surface area contributed by atoms with Crippen molar-refractivity contribution in [3.8, 4) is 0 Å². The zero-order valence-electron chi connectivity index (χ0n) is 10.8. The Morgan fingerprint density at radius 1 is 0.500 bits per heavy atom. The Kier molecular flexibility index (Phi) is 6.53. The summed E-state index contributed by atoms with van der Waals surface area (Å²) in [6, 6.07) is 16.9. The topological polar surface area (TPSA) is 0 Å². The number of halogens is 2. The maximum Gasteiger partial charge on any atom is 0.0130 e. The fourth-order valence-corrected chi connectivity index (χ4v) is 2.33. The van der Waals surface area contributed by atoms with Crippen molar-refractivity contribution in [1.82, 2.24) is 0 Å². The molecule has 0 saturated heterocycles. The molecule has 2 rings (SSSR count). The first-order chi connectivity index (χ1) is 9.74. The van der Waals surface area contributed by atoms with Gasteiger partial charge in [-0.05, 0) is 80.6 Å². The van der Waals surface area contributed by atoms with Crippen molar-refractivity contribution in [2.75, 3.05) is 0 Å². The molecule has 2 aromatic rings. The van der Waals surface area contributed by atoms with Crippen LogP contribution in [0.1, 0.15) is 11.1 Å². The molecule has 0 atom stereocenters. The monoisotopic (exact) mass is 484 g/mol. The van der Waals surface area contributed by atoms with Crippen LogP contribution in [0.15, 0.2) is 72.8 Å². The summed E-state index contributed by atoms with van der Waals surface area (Å²) < 4.78 is 2.52. The molecular weight excluding hydrogens is 470 g/mol. The third-order valence-corrected chi connectivity index (χ3v) is 4.09. The zero-order valence-corrected chi connectivity index (χ0v) is 15.2. The summed E-state index contributed by atoms with van der Waals surface area (Å²) in [5.74, 6) is 0. The first-order valence-corrected chi connectivity index (χ1v) is 8.42. The highest BCUT2D eigenvalue weighted by Crippen LogP contribution is 2.09. The minimum Gasteiger partial charge on any atom is -0.0622 e. The van der Waals surface area contributed by atoms with Crippen LogP contribution in [-0.4, -0.2) is 0 Å². The minimum absolute atomic E-state index is 1.22. The number of hydrogen-bond donors (Lipinski definition) is 0. The molecule has 0 aliphatic carbocycles. The minimum atomic E-state index is 1.22. The summed E-state index contributed by atoms with van der Waals surface area (Å²) in [4.78, 5) is 0. The molecule has 0 aromatic heterocycles. The first kappa shape index (κ1) is 15.5. The molecule has 2 aromatic carbocycles. The maximum atomic E-state index is 2.31. The highest BCUT2D eigenvalue weighted by atomic mass is 127. The fraction of sp³-hybridized carbons (Fsp3) is 0. The first-order valence-electron chi connectivity index (χ1n) is 6.26. The van der Waals surface area contributed by atoms with Crippen LogP contribution in [-0.2, 0) is 0 Å². The summed E-state index contributed by atoms with van der Waals surface area (Å²) in [6.45, 7) is 0.